The van der Waals surface area contributed by atoms with Crippen molar-refractivity contribution in [2.45, 2.75) is 13.1 Å². The number of hydrogen-bond donors (Lipinski definition) is 4. The molecule has 0 radical (unpaired) electrons. The first kappa shape index (κ1) is 23.0. The average Bonchev–Trinajstić information content (AvgIpc) is 2.61. The Balaban J connectivity index is 2.03. The Morgan fingerprint density at radius 1 is 1.20 bits per heavy atom. The van der Waals surface area contributed by atoms with Crippen LogP contribution in [-0.2, 0) is 6.18 Å². The summed E-state index contributed by atoms with van der Waals surface area (Å²) in [6, 6.07) is 3.69. The second kappa shape index (κ2) is 9.48. The zero-order chi connectivity index (χ0) is 22.5. The molecule has 0 saturated carbocycles. The molecule has 162 valence electrons. The maximum atomic E-state index is 12.9. The fourth-order valence-corrected chi connectivity index (χ4v) is 2.47. The molecule has 30 heavy (non-hydrogen) atoms. The third-order valence-electron chi connectivity index (χ3n) is 3.69. The van der Waals surface area contributed by atoms with E-state index in [0.29, 0.717) is 17.6 Å². The molecule has 13 heteroatoms. The normalized spacial score (nSPS) is 11.0. The van der Waals surface area contributed by atoms with Crippen LogP contribution >= 0.6 is 11.6 Å². The fraction of sp³-hybridized carbons (Fsp3) is 0.294. The molecule has 0 aliphatic heterocycles. The van der Waals surface area contributed by atoms with Gasteiger partial charge < -0.3 is 20.6 Å². The minimum atomic E-state index is -4.67. The number of amides is 3. The van der Waals surface area contributed by atoms with Gasteiger partial charge in [0.05, 0.1) is 10.6 Å². The molecule has 4 N–H and O–H groups in total. The van der Waals surface area contributed by atoms with Crippen LogP contribution in [0.25, 0.3) is 0 Å². The van der Waals surface area contributed by atoms with Gasteiger partial charge in [-0.2, -0.15) is 18.2 Å². The van der Waals surface area contributed by atoms with Crippen LogP contribution in [0.4, 0.5) is 40.2 Å². The first-order valence-corrected chi connectivity index (χ1v) is 8.82. The molecule has 9 nitrogen and oxygen atoms in total. The van der Waals surface area contributed by atoms with Crippen molar-refractivity contribution in [3.05, 3.63) is 40.5 Å². The molecule has 0 aliphatic rings. The quantitative estimate of drug-likeness (QED) is 0.530. The lowest BCUT2D eigenvalue weighted by atomic mass is 10.2. The number of benzene rings is 1. The predicted molar refractivity (Wildman–Crippen MR) is 105 cm³/mol. The average molecular weight is 447 g/mol. The third-order valence-corrected chi connectivity index (χ3v) is 4.02. The van der Waals surface area contributed by atoms with Gasteiger partial charge in [-0.15, -0.1) is 0 Å². The van der Waals surface area contributed by atoms with Crippen molar-refractivity contribution < 1.29 is 27.9 Å². The number of aromatic nitrogens is 2. The van der Waals surface area contributed by atoms with Crippen LogP contribution in [0.2, 0.25) is 5.02 Å². The van der Waals surface area contributed by atoms with Crippen LogP contribution in [-0.4, -0.2) is 52.2 Å². The van der Waals surface area contributed by atoms with Gasteiger partial charge >= 0.3 is 18.3 Å². The van der Waals surface area contributed by atoms with Crippen molar-refractivity contribution in [1.82, 2.24) is 14.9 Å². The van der Waals surface area contributed by atoms with Gasteiger partial charge in [0.25, 0.3) is 0 Å². The topological polar surface area (TPSA) is 119 Å². The molecular weight excluding hydrogens is 429 g/mol. The molecule has 1 heterocycles. The number of carboxylic acid groups (broad SMARTS) is 1. The summed E-state index contributed by atoms with van der Waals surface area (Å²) in [6.45, 7) is 2.10. The standard InChI is InChI=1S/C17H18ClF3N6O3/c1-9-7-13(22-5-6-27(2)16(29)30)25-14(23-9)26-15(28)24-10-3-4-12(18)11(8-10)17(19,20)21/h3-4,7-8H,5-6H2,1-2H3,(H,29,30)(H3,22,23,24,25,26,28). The maximum absolute atomic E-state index is 12.9. The molecular formula is C17H18ClF3N6O3. The number of carbonyl (C=O) groups excluding carboxylic acids is 1. The summed E-state index contributed by atoms with van der Waals surface area (Å²) in [4.78, 5) is 32.1. The molecule has 0 bridgehead atoms. The van der Waals surface area contributed by atoms with Gasteiger partial charge in [0.15, 0.2) is 0 Å². The number of halogens is 4. The van der Waals surface area contributed by atoms with Gasteiger partial charge in [0.1, 0.15) is 5.82 Å². The maximum Gasteiger partial charge on any atom is 0.417 e. The largest absolute Gasteiger partial charge is 0.465 e. The van der Waals surface area contributed by atoms with Crippen LogP contribution in [0.3, 0.4) is 0 Å². The van der Waals surface area contributed by atoms with Crippen molar-refractivity contribution in [1.29, 1.82) is 0 Å². The van der Waals surface area contributed by atoms with Gasteiger partial charge in [-0.25, -0.2) is 14.6 Å². The van der Waals surface area contributed by atoms with E-state index in [0.717, 1.165) is 11.0 Å². The first-order valence-electron chi connectivity index (χ1n) is 8.44. The Labute approximate surface area is 174 Å². The second-order valence-electron chi connectivity index (χ2n) is 6.12. The Morgan fingerprint density at radius 3 is 2.53 bits per heavy atom. The number of likely N-dealkylation sites (N-methyl/N-ethyl adjacent to an activating group) is 1. The van der Waals surface area contributed by atoms with Crippen LogP contribution in [0.15, 0.2) is 24.3 Å². The number of carbonyl (C=O) groups is 2. The van der Waals surface area contributed by atoms with Gasteiger partial charge in [-0.1, -0.05) is 11.6 Å². The highest BCUT2D eigenvalue weighted by Crippen LogP contribution is 2.36. The Hall–Kier alpha value is -3.28. The van der Waals surface area contributed by atoms with E-state index in [1.807, 2.05) is 0 Å². The molecule has 0 saturated heterocycles. The Morgan fingerprint density at radius 2 is 1.90 bits per heavy atom. The minimum Gasteiger partial charge on any atom is -0.465 e. The molecule has 3 amide bonds. The first-order chi connectivity index (χ1) is 14.0. The molecule has 1 aromatic carbocycles. The van der Waals surface area contributed by atoms with E-state index in [1.54, 1.807) is 13.0 Å². The second-order valence-corrected chi connectivity index (χ2v) is 6.53. The van der Waals surface area contributed by atoms with Crippen LogP contribution in [0.5, 0.6) is 0 Å². The van der Waals surface area contributed by atoms with E-state index in [4.69, 9.17) is 16.7 Å². The molecule has 0 unspecified atom stereocenters. The van der Waals surface area contributed by atoms with E-state index in [2.05, 4.69) is 25.9 Å². The summed E-state index contributed by atoms with van der Waals surface area (Å²) < 4.78 is 38.8. The molecule has 2 aromatic rings. The van der Waals surface area contributed by atoms with Crippen LogP contribution in [0.1, 0.15) is 11.3 Å². The van der Waals surface area contributed by atoms with E-state index in [-0.39, 0.29) is 24.7 Å². The summed E-state index contributed by atoms with van der Waals surface area (Å²) in [7, 11) is 1.41. The zero-order valence-corrected chi connectivity index (χ0v) is 16.6. The van der Waals surface area contributed by atoms with Gasteiger partial charge in [0.2, 0.25) is 5.95 Å². The summed E-state index contributed by atoms with van der Waals surface area (Å²) >= 11 is 5.55. The summed E-state index contributed by atoms with van der Waals surface area (Å²) in [5, 5.41) is 15.8. The highest BCUT2D eigenvalue weighted by Gasteiger charge is 2.33. The number of hydrogen-bond acceptors (Lipinski definition) is 5. The summed E-state index contributed by atoms with van der Waals surface area (Å²) in [5.74, 6) is 0.244. The Kier molecular flexibility index (Phi) is 7.27. The third kappa shape index (κ3) is 6.65. The highest BCUT2D eigenvalue weighted by atomic mass is 35.5. The molecule has 0 fully saturated rings. The smallest absolute Gasteiger partial charge is 0.417 e. The van der Waals surface area contributed by atoms with Crippen molar-refractivity contribution in [3.63, 3.8) is 0 Å². The SMILES string of the molecule is Cc1cc(NCCN(C)C(=O)O)nc(NC(=O)Nc2ccc(Cl)c(C(F)(F)F)c2)n1. The van der Waals surface area contributed by atoms with Gasteiger partial charge in [-0.05, 0) is 25.1 Å². The number of nitrogens with one attached hydrogen (secondary N) is 3. The number of nitrogens with zero attached hydrogens (tertiary/aromatic N) is 3. The fourth-order valence-electron chi connectivity index (χ4n) is 2.25. The lowest BCUT2D eigenvalue weighted by molar-refractivity contribution is -0.137. The molecule has 0 spiro atoms. The lowest BCUT2D eigenvalue weighted by Crippen LogP contribution is -2.30. The van der Waals surface area contributed by atoms with E-state index in [9.17, 15) is 22.8 Å². The lowest BCUT2D eigenvalue weighted by Gasteiger charge is -2.14. The van der Waals surface area contributed by atoms with E-state index >= 15 is 0 Å². The molecule has 1 aromatic heterocycles. The van der Waals surface area contributed by atoms with Crippen molar-refractivity contribution in [3.8, 4) is 0 Å². The predicted octanol–water partition coefficient (Wildman–Crippen LogP) is 4.12. The molecule has 0 atom stereocenters. The zero-order valence-electron chi connectivity index (χ0n) is 15.8. The number of aryl methyl sites for hydroxylation is 1. The van der Waals surface area contributed by atoms with Crippen molar-refractivity contribution >= 4 is 41.2 Å². The van der Waals surface area contributed by atoms with Gasteiger partial charge in [0, 0.05) is 37.6 Å². The number of alkyl halides is 3. The number of urea groups is 1. The monoisotopic (exact) mass is 446 g/mol. The summed E-state index contributed by atoms with van der Waals surface area (Å²) in [6.07, 6.45) is -5.74. The minimum absolute atomic E-state index is 0.0911. The van der Waals surface area contributed by atoms with Gasteiger partial charge in [-0.3, -0.25) is 5.32 Å². The van der Waals surface area contributed by atoms with E-state index in [1.165, 1.54) is 13.1 Å². The van der Waals surface area contributed by atoms with Crippen molar-refractivity contribution in [2.24, 2.45) is 0 Å². The number of anilines is 3. The molecule has 0 aliphatic carbocycles. The van der Waals surface area contributed by atoms with Crippen molar-refractivity contribution in [2.75, 3.05) is 36.1 Å². The van der Waals surface area contributed by atoms with Crippen LogP contribution in [0, 0.1) is 6.92 Å². The summed E-state index contributed by atoms with van der Waals surface area (Å²) in [5.41, 5.74) is -0.696. The Bertz CT molecular complexity index is 941. The highest BCUT2D eigenvalue weighted by molar-refractivity contribution is 6.31. The van der Waals surface area contributed by atoms with E-state index < -0.39 is 28.9 Å². The van der Waals surface area contributed by atoms with Crippen LogP contribution < -0.4 is 16.0 Å². The number of rotatable bonds is 6. The molecule has 2 rings (SSSR count).